The number of piperazine rings is 1. The molecule has 1 aliphatic rings. The zero-order chi connectivity index (χ0) is 14.3. The van der Waals surface area contributed by atoms with E-state index in [9.17, 15) is 0 Å². The lowest BCUT2D eigenvalue weighted by molar-refractivity contribution is 0.0305. The molecule has 0 unspecified atom stereocenters. The topological polar surface area (TPSA) is 33.1 Å². The molecule has 0 radical (unpaired) electrons. The van der Waals surface area contributed by atoms with E-state index < -0.39 is 0 Å². The Bertz CT molecular complexity index is 445. The van der Waals surface area contributed by atoms with E-state index in [1.807, 2.05) is 4.68 Å². The molecule has 0 bridgehead atoms. The van der Waals surface area contributed by atoms with E-state index in [1.54, 1.807) is 0 Å². The lowest BCUT2D eigenvalue weighted by Crippen LogP contribution is -2.65. The number of rotatable bonds is 3. The third-order valence-corrected chi connectivity index (χ3v) is 4.18. The van der Waals surface area contributed by atoms with Gasteiger partial charge in [0.05, 0.1) is 11.4 Å². The van der Waals surface area contributed by atoms with Gasteiger partial charge in [0.1, 0.15) is 0 Å². The van der Waals surface area contributed by atoms with E-state index in [1.165, 1.54) is 11.4 Å². The summed E-state index contributed by atoms with van der Waals surface area (Å²) in [5, 5.41) is 8.18. The normalized spacial score (nSPS) is 22.6. The lowest BCUT2D eigenvalue weighted by atomic mass is 9.91. The third kappa shape index (κ3) is 3.18. The predicted octanol–water partition coefficient (Wildman–Crippen LogP) is 1.94. The Morgan fingerprint density at radius 3 is 2.58 bits per heavy atom. The highest BCUT2D eigenvalue weighted by molar-refractivity contribution is 5.11. The van der Waals surface area contributed by atoms with Crippen LogP contribution in [0.3, 0.4) is 0 Å². The van der Waals surface area contributed by atoms with Gasteiger partial charge in [-0.05, 0) is 40.2 Å². The first-order valence-corrected chi connectivity index (χ1v) is 7.25. The first kappa shape index (κ1) is 14.5. The Balaban J connectivity index is 2.17. The Morgan fingerprint density at radius 1 is 1.32 bits per heavy atom. The molecule has 19 heavy (non-hydrogen) atoms. The van der Waals surface area contributed by atoms with Crippen LogP contribution >= 0.6 is 0 Å². The molecule has 0 atom stereocenters. The third-order valence-electron chi connectivity index (χ3n) is 4.18. The second-order valence-electron chi connectivity index (χ2n) is 7.01. The van der Waals surface area contributed by atoms with E-state index in [0.29, 0.717) is 0 Å². The van der Waals surface area contributed by atoms with Crippen LogP contribution in [0.1, 0.15) is 46.0 Å². The second kappa shape index (κ2) is 4.91. The lowest BCUT2D eigenvalue weighted by Gasteiger charge is -2.49. The number of aromatic nitrogens is 2. The minimum atomic E-state index is 0.182. The molecule has 0 aliphatic carbocycles. The van der Waals surface area contributed by atoms with Crippen molar-refractivity contribution in [3.63, 3.8) is 0 Å². The Hall–Kier alpha value is -0.870. The van der Waals surface area contributed by atoms with E-state index in [4.69, 9.17) is 0 Å². The first-order chi connectivity index (χ1) is 8.73. The van der Waals surface area contributed by atoms with Gasteiger partial charge in [0.25, 0.3) is 0 Å². The predicted molar refractivity (Wildman–Crippen MR) is 79.2 cm³/mol. The van der Waals surface area contributed by atoms with Gasteiger partial charge in [-0.1, -0.05) is 6.92 Å². The van der Waals surface area contributed by atoms with Gasteiger partial charge < -0.3 is 5.32 Å². The number of hydrogen-bond acceptors (Lipinski definition) is 3. The number of aryl methyl sites for hydroxylation is 2. The Labute approximate surface area is 117 Å². The van der Waals surface area contributed by atoms with E-state index >= 15 is 0 Å². The number of nitrogens with zero attached hydrogens (tertiary/aromatic N) is 3. The summed E-state index contributed by atoms with van der Waals surface area (Å²) in [4.78, 5) is 2.57. The minimum absolute atomic E-state index is 0.182. The van der Waals surface area contributed by atoms with Crippen LogP contribution in [-0.4, -0.2) is 38.8 Å². The van der Waals surface area contributed by atoms with Crippen LogP contribution in [0, 0.1) is 0 Å². The first-order valence-electron chi connectivity index (χ1n) is 7.25. The van der Waals surface area contributed by atoms with Crippen molar-refractivity contribution >= 4 is 0 Å². The van der Waals surface area contributed by atoms with Crippen LogP contribution in [0.15, 0.2) is 6.07 Å². The Morgan fingerprint density at radius 2 is 2.00 bits per heavy atom. The van der Waals surface area contributed by atoms with Crippen LogP contribution in [-0.2, 0) is 20.0 Å². The fourth-order valence-electron chi connectivity index (χ4n) is 2.67. The van der Waals surface area contributed by atoms with Crippen LogP contribution in [0.25, 0.3) is 0 Å². The van der Waals surface area contributed by atoms with Crippen LogP contribution in [0.5, 0.6) is 0 Å². The molecule has 1 aromatic heterocycles. The smallest absolute Gasteiger partial charge is 0.0625 e. The monoisotopic (exact) mass is 264 g/mol. The molecular formula is C15H28N4. The van der Waals surface area contributed by atoms with Crippen molar-refractivity contribution in [3.8, 4) is 0 Å². The van der Waals surface area contributed by atoms with Crippen LogP contribution in [0.4, 0.5) is 0 Å². The quantitative estimate of drug-likeness (QED) is 0.906. The van der Waals surface area contributed by atoms with Gasteiger partial charge >= 0.3 is 0 Å². The van der Waals surface area contributed by atoms with Crippen molar-refractivity contribution in [1.82, 2.24) is 20.0 Å². The highest BCUT2D eigenvalue weighted by atomic mass is 15.3. The highest BCUT2D eigenvalue weighted by Gasteiger charge is 2.37. The van der Waals surface area contributed by atoms with Gasteiger partial charge in [0.15, 0.2) is 0 Å². The molecule has 4 heteroatoms. The maximum Gasteiger partial charge on any atom is 0.0625 e. The summed E-state index contributed by atoms with van der Waals surface area (Å²) in [6.45, 7) is 14.4. The van der Waals surface area contributed by atoms with Crippen molar-refractivity contribution in [2.45, 2.75) is 58.7 Å². The summed E-state index contributed by atoms with van der Waals surface area (Å²) in [6, 6.07) is 2.24. The number of nitrogens with one attached hydrogen (secondary N) is 1. The van der Waals surface area contributed by atoms with E-state index in [2.05, 4.69) is 63.0 Å². The maximum absolute atomic E-state index is 4.55. The Kier molecular flexibility index (Phi) is 3.76. The fourth-order valence-corrected chi connectivity index (χ4v) is 2.67. The van der Waals surface area contributed by atoms with Crippen molar-refractivity contribution < 1.29 is 0 Å². The summed E-state index contributed by atoms with van der Waals surface area (Å²) >= 11 is 0. The molecule has 2 rings (SSSR count). The zero-order valence-electron chi connectivity index (χ0n) is 13.2. The number of hydrogen-bond donors (Lipinski definition) is 1. The summed E-state index contributed by atoms with van der Waals surface area (Å²) in [5.74, 6) is 0. The van der Waals surface area contributed by atoms with Crippen molar-refractivity contribution in [2.24, 2.45) is 7.05 Å². The molecule has 0 spiro atoms. The molecule has 1 N–H and O–H groups in total. The zero-order valence-corrected chi connectivity index (χ0v) is 13.2. The molecule has 0 aromatic carbocycles. The average molecular weight is 264 g/mol. The highest BCUT2D eigenvalue weighted by Crippen LogP contribution is 2.25. The summed E-state index contributed by atoms with van der Waals surface area (Å²) in [6.07, 6.45) is 1.00. The molecule has 1 fully saturated rings. The van der Waals surface area contributed by atoms with Crippen molar-refractivity contribution in [1.29, 1.82) is 0 Å². The van der Waals surface area contributed by atoms with Crippen molar-refractivity contribution in [2.75, 3.05) is 13.1 Å². The molecule has 1 aromatic rings. The van der Waals surface area contributed by atoms with Gasteiger partial charge in [-0.3, -0.25) is 9.58 Å². The van der Waals surface area contributed by atoms with Crippen LogP contribution in [0.2, 0.25) is 0 Å². The van der Waals surface area contributed by atoms with Gasteiger partial charge in [-0.15, -0.1) is 0 Å². The van der Waals surface area contributed by atoms with Gasteiger partial charge in [-0.25, -0.2) is 0 Å². The molecule has 0 saturated carbocycles. The molecule has 1 aliphatic heterocycles. The minimum Gasteiger partial charge on any atom is -0.309 e. The van der Waals surface area contributed by atoms with Gasteiger partial charge in [0, 0.05) is 37.8 Å². The van der Waals surface area contributed by atoms with Gasteiger partial charge in [-0.2, -0.15) is 5.10 Å². The van der Waals surface area contributed by atoms with Gasteiger partial charge in [0.2, 0.25) is 0 Å². The van der Waals surface area contributed by atoms with Crippen LogP contribution < -0.4 is 5.32 Å². The molecule has 1 saturated heterocycles. The van der Waals surface area contributed by atoms with Crippen molar-refractivity contribution in [3.05, 3.63) is 17.5 Å². The maximum atomic E-state index is 4.55. The molecule has 108 valence electrons. The molecular weight excluding hydrogens is 236 g/mol. The van der Waals surface area contributed by atoms with E-state index in [0.717, 1.165) is 26.1 Å². The molecule has 2 heterocycles. The fraction of sp³-hybridized carbons (Fsp3) is 0.800. The van der Waals surface area contributed by atoms with E-state index in [-0.39, 0.29) is 11.1 Å². The second-order valence-corrected chi connectivity index (χ2v) is 7.01. The molecule has 4 nitrogen and oxygen atoms in total. The molecule has 0 amide bonds. The SMILES string of the molecule is CCc1cc(CN2CC(C)(C)NCC2(C)C)n(C)n1. The summed E-state index contributed by atoms with van der Waals surface area (Å²) in [5.41, 5.74) is 2.86. The standard InChI is InChI=1S/C15H28N4/c1-7-12-8-13(18(6)17-12)9-19-11-14(2,3)16-10-15(19,4)5/h8,16H,7,9-11H2,1-6H3. The summed E-state index contributed by atoms with van der Waals surface area (Å²) < 4.78 is 2.03. The largest absolute Gasteiger partial charge is 0.309 e. The average Bonchev–Trinajstić information content (AvgIpc) is 2.66. The summed E-state index contributed by atoms with van der Waals surface area (Å²) in [7, 11) is 2.05.